The summed E-state index contributed by atoms with van der Waals surface area (Å²) in [6, 6.07) is 5.75. The van der Waals surface area contributed by atoms with Crippen molar-refractivity contribution in [2.45, 2.75) is 51.4 Å². The van der Waals surface area contributed by atoms with Crippen LogP contribution in [0.4, 0.5) is 13.2 Å². The highest BCUT2D eigenvalue weighted by Crippen LogP contribution is 2.33. The summed E-state index contributed by atoms with van der Waals surface area (Å²) in [5.41, 5.74) is 3.59. The third-order valence-electron chi connectivity index (χ3n) is 3.40. The summed E-state index contributed by atoms with van der Waals surface area (Å²) < 4.78 is 36.9. The first-order valence-electron chi connectivity index (χ1n) is 6.27. The molecule has 0 spiro atoms. The lowest BCUT2D eigenvalue weighted by atomic mass is 10.0. The van der Waals surface area contributed by atoms with Crippen LogP contribution in [0.3, 0.4) is 0 Å². The van der Waals surface area contributed by atoms with Crippen LogP contribution in [-0.2, 0) is 6.42 Å². The molecule has 2 unspecified atom stereocenters. The first kappa shape index (κ1) is 13.4. The zero-order valence-corrected chi connectivity index (χ0v) is 10.6. The van der Waals surface area contributed by atoms with Crippen molar-refractivity contribution in [1.82, 2.24) is 5.32 Å². The molecular formula is C14H18F3N. The summed E-state index contributed by atoms with van der Waals surface area (Å²) in [4.78, 5) is 0. The second-order valence-corrected chi connectivity index (χ2v) is 5.18. The number of alkyl halides is 3. The Balaban J connectivity index is 2.03. The minimum atomic E-state index is -4.10. The van der Waals surface area contributed by atoms with Crippen LogP contribution in [-0.4, -0.2) is 12.2 Å². The van der Waals surface area contributed by atoms with Gasteiger partial charge in [-0.05, 0) is 37.8 Å². The van der Waals surface area contributed by atoms with Gasteiger partial charge in [-0.25, -0.2) is 0 Å². The summed E-state index contributed by atoms with van der Waals surface area (Å²) in [6.07, 6.45) is -3.03. The average molecular weight is 257 g/mol. The predicted molar refractivity (Wildman–Crippen MR) is 65.5 cm³/mol. The predicted octanol–water partition coefficient (Wildman–Crippen LogP) is 3.91. The van der Waals surface area contributed by atoms with Crippen molar-refractivity contribution in [3.05, 3.63) is 34.9 Å². The number of rotatable bonds is 3. The number of nitrogens with one attached hydrogen (secondary N) is 1. The van der Waals surface area contributed by atoms with E-state index in [1.165, 1.54) is 11.1 Å². The van der Waals surface area contributed by atoms with Crippen LogP contribution in [0, 0.1) is 6.92 Å². The van der Waals surface area contributed by atoms with Crippen molar-refractivity contribution in [1.29, 1.82) is 0 Å². The van der Waals surface area contributed by atoms with Crippen LogP contribution in [0.1, 0.15) is 42.5 Å². The lowest BCUT2D eigenvalue weighted by Gasteiger charge is -2.21. The second-order valence-electron chi connectivity index (χ2n) is 5.18. The lowest BCUT2D eigenvalue weighted by molar-refractivity contribution is -0.139. The number of hydrogen-bond donors (Lipinski definition) is 1. The normalized spacial score (nSPS) is 20.8. The first-order valence-corrected chi connectivity index (χ1v) is 6.27. The standard InChI is InChI=1S/C14H18F3N/c1-9-3-4-11-5-6-13(12(11)7-9)18-10(2)8-14(15,16)17/h3-4,7,10,13,18H,5-6,8H2,1-2H3. The molecule has 100 valence electrons. The highest BCUT2D eigenvalue weighted by atomic mass is 19.4. The largest absolute Gasteiger partial charge is 0.390 e. The van der Waals surface area contributed by atoms with Gasteiger partial charge in [-0.1, -0.05) is 23.8 Å². The van der Waals surface area contributed by atoms with Crippen LogP contribution < -0.4 is 5.32 Å². The van der Waals surface area contributed by atoms with Gasteiger partial charge in [0.2, 0.25) is 0 Å². The minimum Gasteiger partial charge on any atom is -0.307 e. The molecule has 0 heterocycles. The van der Waals surface area contributed by atoms with Gasteiger partial charge in [-0.15, -0.1) is 0 Å². The molecule has 0 aromatic heterocycles. The fraction of sp³-hybridized carbons (Fsp3) is 0.571. The number of hydrogen-bond acceptors (Lipinski definition) is 1. The molecule has 2 rings (SSSR count). The fourth-order valence-corrected chi connectivity index (χ4v) is 2.64. The Bertz CT molecular complexity index is 426. The summed E-state index contributed by atoms with van der Waals surface area (Å²) >= 11 is 0. The first-order chi connectivity index (χ1) is 8.35. The monoisotopic (exact) mass is 257 g/mol. The number of fused-ring (bicyclic) bond motifs is 1. The van der Waals surface area contributed by atoms with E-state index in [0.717, 1.165) is 18.4 Å². The molecule has 0 fully saturated rings. The van der Waals surface area contributed by atoms with Crippen LogP contribution in [0.15, 0.2) is 18.2 Å². The minimum absolute atomic E-state index is 0.0669. The van der Waals surface area contributed by atoms with Gasteiger partial charge in [0.05, 0.1) is 6.42 Å². The summed E-state index contributed by atoms with van der Waals surface area (Å²) in [5.74, 6) is 0. The molecule has 1 nitrogen and oxygen atoms in total. The van der Waals surface area contributed by atoms with Crippen molar-refractivity contribution in [2.24, 2.45) is 0 Å². The Hall–Kier alpha value is -1.03. The van der Waals surface area contributed by atoms with Gasteiger partial charge in [-0.3, -0.25) is 0 Å². The van der Waals surface area contributed by atoms with Gasteiger partial charge < -0.3 is 5.32 Å². The van der Waals surface area contributed by atoms with E-state index in [9.17, 15) is 13.2 Å². The van der Waals surface area contributed by atoms with E-state index < -0.39 is 18.6 Å². The quantitative estimate of drug-likeness (QED) is 0.865. The van der Waals surface area contributed by atoms with Gasteiger partial charge in [-0.2, -0.15) is 13.2 Å². The zero-order valence-electron chi connectivity index (χ0n) is 10.6. The molecule has 0 bridgehead atoms. The maximum atomic E-state index is 12.3. The van der Waals surface area contributed by atoms with Gasteiger partial charge >= 0.3 is 6.18 Å². The maximum absolute atomic E-state index is 12.3. The SMILES string of the molecule is Cc1ccc2c(c1)C(NC(C)CC(F)(F)F)CC2. The molecule has 4 heteroatoms. The second kappa shape index (κ2) is 4.92. The third kappa shape index (κ3) is 3.25. The molecule has 1 N–H and O–H groups in total. The molecule has 1 aromatic rings. The highest BCUT2D eigenvalue weighted by Gasteiger charge is 2.32. The van der Waals surface area contributed by atoms with E-state index in [1.54, 1.807) is 6.92 Å². The highest BCUT2D eigenvalue weighted by molar-refractivity contribution is 5.37. The van der Waals surface area contributed by atoms with E-state index in [1.807, 2.05) is 6.92 Å². The smallest absolute Gasteiger partial charge is 0.307 e. The number of benzene rings is 1. The Kier molecular flexibility index (Phi) is 3.66. The molecule has 0 saturated heterocycles. The molecule has 1 aromatic carbocycles. The van der Waals surface area contributed by atoms with Crippen molar-refractivity contribution in [3.63, 3.8) is 0 Å². The third-order valence-corrected chi connectivity index (χ3v) is 3.40. The fourth-order valence-electron chi connectivity index (χ4n) is 2.64. The Labute approximate surface area is 105 Å². The zero-order chi connectivity index (χ0) is 13.3. The molecule has 2 atom stereocenters. The topological polar surface area (TPSA) is 12.0 Å². The van der Waals surface area contributed by atoms with E-state index in [0.29, 0.717) is 0 Å². The Morgan fingerprint density at radius 2 is 2.11 bits per heavy atom. The summed E-state index contributed by atoms with van der Waals surface area (Å²) in [5, 5.41) is 3.10. The van der Waals surface area contributed by atoms with Gasteiger partial charge in [0, 0.05) is 12.1 Å². The van der Waals surface area contributed by atoms with Crippen LogP contribution in [0.2, 0.25) is 0 Å². The molecule has 0 radical (unpaired) electrons. The van der Waals surface area contributed by atoms with E-state index >= 15 is 0 Å². The van der Waals surface area contributed by atoms with E-state index in [2.05, 4.69) is 23.5 Å². The van der Waals surface area contributed by atoms with E-state index in [-0.39, 0.29) is 6.04 Å². The van der Waals surface area contributed by atoms with Crippen LogP contribution in [0.5, 0.6) is 0 Å². The van der Waals surface area contributed by atoms with Crippen LogP contribution >= 0.6 is 0 Å². The maximum Gasteiger partial charge on any atom is 0.390 e. The molecule has 18 heavy (non-hydrogen) atoms. The average Bonchev–Trinajstić information content (AvgIpc) is 2.58. The molecule has 0 aliphatic heterocycles. The summed E-state index contributed by atoms with van der Waals surface area (Å²) in [6.45, 7) is 3.61. The van der Waals surface area contributed by atoms with E-state index in [4.69, 9.17) is 0 Å². The number of halogens is 3. The van der Waals surface area contributed by atoms with Crippen LogP contribution in [0.25, 0.3) is 0 Å². The Morgan fingerprint density at radius 1 is 1.39 bits per heavy atom. The molecule has 1 aliphatic carbocycles. The van der Waals surface area contributed by atoms with Crippen molar-refractivity contribution < 1.29 is 13.2 Å². The summed E-state index contributed by atoms with van der Waals surface area (Å²) in [7, 11) is 0. The Morgan fingerprint density at radius 3 is 2.78 bits per heavy atom. The molecule has 1 aliphatic rings. The van der Waals surface area contributed by atoms with Crippen molar-refractivity contribution in [3.8, 4) is 0 Å². The lowest BCUT2D eigenvalue weighted by Crippen LogP contribution is -2.33. The molecular weight excluding hydrogens is 239 g/mol. The van der Waals surface area contributed by atoms with Crippen molar-refractivity contribution in [2.75, 3.05) is 0 Å². The van der Waals surface area contributed by atoms with Gasteiger partial charge in [0.15, 0.2) is 0 Å². The molecule has 0 amide bonds. The van der Waals surface area contributed by atoms with Gasteiger partial charge in [0.25, 0.3) is 0 Å². The van der Waals surface area contributed by atoms with Crippen molar-refractivity contribution >= 4 is 0 Å². The van der Waals surface area contributed by atoms with Gasteiger partial charge in [0.1, 0.15) is 0 Å². The number of aryl methyl sites for hydroxylation is 2. The molecule has 0 saturated carbocycles.